The number of pyridine rings is 1. The lowest BCUT2D eigenvalue weighted by Crippen LogP contribution is -2.29. The smallest absolute Gasteiger partial charge is 0.307 e. The third kappa shape index (κ3) is 5.08. The van der Waals surface area contributed by atoms with Gasteiger partial charge in [0.1, 0.15) is 0 Å². The number of fused-ring (bicyclic) bond motifs is 1. The third-order valence-electron chi connectivity index (χ3n) is 4.39. The molecule has 2 heterocycles. The highest BCUT2D eigenvalue weighted by Gasteiger charge is 2.21. The second kappa shape index (κ2) is 8.85. The monoisotopic (exact) mass is 434 g/mol. The average molecular weight is 435 g/mol. The molecule has 0 aliphatic carbocycles. The molecule has 0 fully saturated rings. The van der Waals surface area contributed by atoms with Gasteiger partial charge < -0.3 is 14.3 Å². The van der Waals surface area contributed by atoms with Crippen molar-refractivity contribution in [3.63, 3.8) is 0 Å². The second-order valence-corrected chi connectivity index (χ2v) is 8.92. The van der Waals surface area contributed by atoms with Crippen molar-refractivity contribution < 1.29 is 17.9 Å². The molecule has 1 aromatic carbocycles. The van der Waals surface area contributed by atoms with Crippen molar-refractivity contribution in [2.24, 2.45) is 0 Å². The van der Waals surface area contributed by atoms with Crippen LogP contribution in [0.4, 0.5) is 0 Å². The van der Waals surface area contributed by atoms with Crippen molar-refractivity contribution in [1.82, 2.24) is 18.8 Å². The molecule has 1 N–H and O–H groups in total. The molecule has 2 aliphatic heterocycles. The molecular weight excluding hydrogens is 412 g/mol. The molecule has 0 amide bonds. The summed E-state index contributed by atoms with van der Waals surface area (Å²) in [6.45, 7) is 2.62. The minimum Gasteiger partial charge on any atom is -0.466 e. The number of rotatable bonds is 8. The van der Waals surface area contributed by atoms with Gasteiger partial charge >= 0.3 is 5.97 Å². The van der Waals surface area contributed by atoms with Crippen LogP contribution in [0.5, 0.6) is 0 Å². The molecule has 0 unspecified atom stereocenters. The number of ether oxygens (including phenoxy) is 1. The number of nitrogens with one attached hydrogen (secondary N) is 1. The summed E-state index contributed by atoms with van der Waals surface area (Å²) in [4.78, 5) is 18.8. The largest absolute Gasteiger partial charge is 0.466 e. The second-order valence-electron chi connectivity index (χ2n) is 6.48. The number of hydrogen-bond acceptors (Lipinski definition) is 6. The Morgan fingerprint density at radius 3 is 2.69 bits per heavy atom. The summed E-state index contributed by atoms with van der Waals surface area (Å²) in [7, 11) is -2.22. The number of aromatic amines is 1. The average Bonchev–Trinajstić information content (AvgIpc) is 3.06. The number of nitrogens with zero attached hydrogens (tertiary/aromatic N) is 3. The van der Waals surface area contributed by atoms with E-state index in [-0.39, 0.29) is 24.5 Å². The summed E-state index contributed by atoms with van der Waals surface area (Å²) < 4.78 is 33.7. The van der Waals surface area contributed by atoms with Gasteiger partial charge in [0, 0.05) is 32.5 Å². The van der Waals surface area contributed by atoms with E-state index in [0.717, 1.165) is 21.3 Å². The number of sulfonamides is 1. The molecule has 0 atom stereocenters. The summed E-state index contributed by atoms with van der Waals surface area (Å²) in [5.41, 5.74) is 2.60. The van der Waals surface area contributed by atoms with Gasteiger partial charge in [-0.25, -0.2) is 17.7 Å². The lowest BCUT2D eigenvalue weighted by Gasteiger charge is -2.17. The Bertz CT molecular complexity index is 1120. The molecule has 8 nitrogen and oxygen atoms in total. The number of H-pyrrole nitrogens is 1. The van der Waals surface area contributed by atoms with E-state index >= 15 is 0 Å². The van der Waals surface area contributed by atoms with Crippen molar-refractivity contribution in [3.05, 3.63) is 53.1 Å². The van der Waals surface area contributed by atoms with Crippen LogP contribution in [0.1, 0.15) is 18.9 Å². The van der Waals surface area contributed by atoms with Crippen LogP contribution in [0, 0.1) is 4.77 Å². The van der Waals surface area contributed by atoms with Crippen LogP contribution >= 0.6 is 12.2 Å². The predicted molar refractivity (Wildman–Crippen MR) is 111 cm³/mol. The Kier molecular flexibility index (Phi) is 6.46. The summed E-state index contributed by atoms with van der Waals surface area (Å²) in [6, 6.07) is 8.56. The van der Waals surface area contributed by atoms with E-state index in [1.165, 1.54) is 7.05 Å². The van der Waals surface area contributed by atoms with Gasteiger partial charge in [0.15, 0.2) is 4.77 Å². The molecule has 0 saturated heterocycles. The van der Waals surface area contributed by atoms with Gasteiger partial charge in [-0.1, -0.05) is 12.1 Å². The van der Waals surface area contributed by atoms with Crippen molar-refractivity contribution in [2.45, 2.75) is 24.8 Å². The van der Waals surface area contributed by atoms with E-state index in [4.69, 9.17) is 17.0 Å². The zero-order chi connectivity index (χ0) is 21.0. The summed E-state index contributed by atoms with van der Waals surface area (Å²) in [5, 5.41) is 0. The van der Waals surface area contributed by atoms with Gasteiger partial charge in [-0.15, -0.1) is 0 Å². The first-order chi connectivity index (χ1) is 13.8. The van der Waals surface area contributed by atoms with E-state index in [0.29, 0.717) is 11.3 Å². The van der Waals surface area contributed by atoms with Gasteiger partial charge in [0.2, 0.25) is 10.0 Å². The first-order valence-electron chi connectivity index (χ1n) is 9.06. The highest BCUT2D eigenvalue weighted by atomic mass is 32.2. The Morgan fingerprint density at radius 2 is 2.00 bits per heavy atom. The number of esters is 1. The van der Waals surface area contributed by atoms with Crippen LogP contribution in [0.15, 0.2) is 47.6 Å². The zero-order valence-electron chi connectivity index (χ0n) is 16.2. The van der Waals surface area contributed by atoms with E-state index < -0.39 is 16.0 Å². The molecule has 0 aromatic heterocycles. The number of benzene rings is 1. The molecule has 0 spiro atoms. The van der Waals surface area contributed by atoms with Crippen molar-refractivity contribution in [2.75, 3.05) is 20.2 Å². The lowest BCUT2D eigenvalue weighted by molar-refractivity contribution is -0.143. The number of aromatic nitrogens is 3. The highest BCUT2D eigenvalue weighted by Crippen LogP contribution is 2.19. The molecule has 10 heteroatoms. The van der Waals surface area contributed by atoms with Crippen molar-refractivity contribution >= 4 is 28.2 Å². The maximum atomic E-state index is 12.7. The normalized spacial score (nSPS) is 11.8. The molecule has 1 aromatic rings. The topological polar surface area (TPSA) is 97.3 Å². The van der Waals surface area contributed by atoms with Crippen LogP contribution in [-0.2, 0) is 26.1 Å². The van der Waals surface area contributed by atoms with Gasteiger partial charge in [-0.3, -0.25) is 4.79 Å². The van der Waals surface area contributed by atoms with Crippen LogP contribution < -0.4 is 0 Å². The SMILES string of the molecule is CCOC(=O)CCN(C)S(=O)(=O)c1ccc(Cn2ccc3nc(=S)[nH]c-3c2)cc1. The third-order valence-corrected chi connectivity index (χ3v) is 6.46. The van der Waals surface area contributed by atoms with E-state index in [1.54, 1.807) is 31.2 Å². The maximum absolute atomic E-state index is 12.7. The maximum Gasteiger partial charge on any atom is 0.307 e. The predicted octanol–water partition coefficient (Wildman–Crippen LogP) is 2.67. The van der Waals surface area contributed by atoms with Gasteiger partial charge in [0.25, 0.3) is 0 Å². The summed E-state index contributed by atoms with van der Waals surface area (Å²) in [5.74, 6) is -0.417. The molecule has 154 valence electrons. The first-order valence-corrected chi connectivity index (χ1v) is 10.9. The summed E-state index contributed by atoms with van der Waals surface area (Å²) >= 11 is 5.04. The summed E-state index contributed by atoms with van der Waals surface area (Å²) in [6.07, 6.45) is 3.82. The van der Waals surface area contributed by atoms with Gasteiger partial charge in [-0.2, -0.15) is 0 Å². The molecule has 0 radical (unpaired) electrons. The number of imidazole rings is 1. The fourth-order valence-corrected chi connectivity index (χ4v) is 4.22. The molecule has 2 aliphatic rings. The molecule has 29 heavy (non-hydrogen) atoms. The molecular formula is C19H22N4O4S2. The van der Waals surface area contributed by atoms with Crippen molar-refractivity contribution in [3.8, 4) is 11.4 Å². The molecule has 0 bridgehead atoms. The lowest BCUT2D eigenvalue weighted by atomic mass is 10.2. The van der Waals surface area contributed by atoms with Crippen LogP contribution in [0.2, 0.25) is 0 Å². The minimum absolute atomic E-state index is 0.0143. The minimum atomic E-state index is -3.67. The Labute approximate surface area is 174 Å². The van der Waals surface area contributed by atoms with Crippen LogP contribution in [-0.4, -0.2) is 53.4 Å². The standard InChI is InChI=1S/C19H22N4O4S2/c1-3-27-18(24)9-10-22(2)29(25,26)15-6-4-14(5-7-15)12-23-11-8-16-17(13-23)21-19(28)20-16/h4-8,11,13H,3,9-10,12H2,1-2H3,(H,21,28). The Hall–Kier alpha value is -2.56. The zero-order valence-corrected chi connectivity index (χ0v) is 17.8. The molecule has 0 saturated carbocycles. The number of carbonyl (C=O) groups is 1. The number of hydrogen-bond donors (Lipinski definition) is 1. The van der Waals surface area contributed by atoms with E-state index in [9.17, 15) is 13.2 Å². The van der Waals surface area contributed by atoms with E-state index in [1.807, 2.05) is 23.0 Å². The Morgan fingerprint density at radius 1 is 1.28 bits per heavy atom. The Balaban J connectivity index is 1.69. The van der Waals surface area contributed by atoms with E-state index in [2.05, 4.69) is 9.97 Å². The fourth-order valence-electron chi connectivity index (χ4n) is 2.84. The van der Waals surface area contributed by atoms with Crippen molar-refractivity contribution in [1.29, 1.82) is 0 Å². The van der Waals surface area contributed by atoms with Crippen LogP contribution in [0.3, 0.4) is 0 Å². The molecule has 3 rings (SSSR count). The first kappa shape index (κ1) is 21.2. The fraction of sp³-hybridized carbons (Fsp3) is 0.316. The van der Waals surface area contributed by atoms with Gasteiger partial charge in [-0.05, 0) is 42.9 Å². The highest BCUT2D eigenvalue weighted by molar-refractivity contribution is 7.89. The number of carbonyl (C=O) groups excluding carboxylic acids is 1. The van der Waals surface area contributed by atoms with Gasteiger partial charge in [0.05, 0.1) is 29.3 Å². The van der Waals surface area contributed by atoms with Crippen LogP contribution in [0.25, 0.3) is 11.4 Å². The quantitative estimate of drug-likeness (QED) is 0.432.